The molecule has 1 aromatic heterocycles. The lowest BCUT2D eigenvalue weighted by Gasteiger charge is -2.38. The Morgan fingerprint density at radius 3 is 3.00 bits per heavy atom. The molecular weight excluding hydrogens is 355 g/mol. The molecule has 5 nitrogen and oxygen atoms in total. The maximum absolute atomic E-state index is 14.0. The summed E-state index contributed by atoms with van der Waals surface area (Å²) in [7, 11) is 0. The monoisotopic (exact) mass is 380 g/mol. The number of hydrogen-bond acceptors (Lipinski definition) is 5. The van der Waals surface area contributed by atoms with Gasteiger partial charge in [0.05, 0.1) is 21.8 Å². The maximum Gasteiger partial charge on any atom is 0.410 e. The van der Waals surface area contributed by atoms with Crippen molar-refractivity contribution in [2.75, 3.05) is 6.54 Å². The van der Waals surface area contributed by atoms with E-state index in [2.05, 4.69) is 4.98 Å². The number of benzene rings is 1. The average Bonchev–Trinajstić information content (AvgIpc) is 3.01. The van der Waals surface area contributed by atoms with Crippen LogP contribution in [-0.4, -0.2) is 45.4 Å². The summed E-state index contributed by atoms with van der Waals surface area (Å²) in [6.45, 7) is 5.72. The molecule has 7 heteroatoms. The third-order valence-electron chi connectivity index (χ3n) is 4.53. The van der Waals surface area contributed by atoms with E-state index in [4.69, 9.17) is 4.74 Å². The van der Waals surface area contributed by atoms with E-state index in [-0.39, 0.29) is 12.8 Å². The van der Waals surface area contributed by atoms with Crippen LogP contribution in [0.25, 0.3) is 10.2 Å². The summed E-state index contributed by atoms with van der Waals surface area (Å²) in [5.41, 5.74) is 2.61. The minimum atomic E-state index is -0.971. The van der Waals surface area contributed by atoms with Crippen LogP contribution >= 0.6 is 11.3 Å². The van der Waals surface area contributed by atoms with Crippen LogP contribution in [-0.2, 0) is 4.74 Å². The van der Waals surface area contributed by atoms with Gasteiger partial charge < -0.3 is 14.7 Å². The van der Waals surface area contributed by atoms with E-state index in [0.717, 1.165) is 10.2 Å². The maximum atomic E-state index is 14.0. The van der Waals surface area contributed by atoms with Crippen LogP contribution in [0.3, 0.4) is 0 Å². The molecule has 2 aromatic rings. The summed E-state index contributed by atoms with van der Waals surface area (Å²) in [4.78, 5) is 18.4. The number of piperidine rings is 1. The van der Waals surface area contributed by atoms with E-state index in [1.165, 1.54) is 11.3 Å². The minimum absolute atomic E-state index is 0.212. The molecule has 2 heterocycles. The van der Waals surface area contributed by atoms with Crippen LogP contribution in [0.15, 0.2) is 23.7 Å². The number of carbonyl (C=O) groups is 1. The van der Waals surface area contributed by atoms with Gasteiger partial charge in [-0.15, -0.1) is 11.3 Å². The van der Waals surface area contributed by atoms with E-state index in [9.17, 15) is 14.3 Å². The number of alkyl halides is 1. The molecular formula is C19H25FN2O3S. The first-order chi connectivity index (χ1) is 12.2. The number of fused-ring (bicyclic) bond motifs is 1. The number of para-hydroxylation sites is 1. The third kappa shape index (κ3) is 4.32. The minimum Gasteiger partial charge on any atom is -0.444 e. The van der Waals surface area contributed by atoms with Crippen LogP contribution in [0.2, 0.25) is 0 Å². The van der Waals surface area contributed by atoms with Gasteiger partial charge in [0.2, 0.25) is 0 Å². The Morgan fingerprint density at radius 2 is 2.27 bits per heavy atom. The molecule has 3 rings (SSSR count). The van der Waals surface area contributed by atoms with Gasteiger partial charge in [-0.1, -0.05) is 12.1 Å². The van der Waals surface area contributed by atoms with Crippen LogP contribution in [0.1, 0.15) is 51.7 Å². The fourth-order valence-corrected chi connectivity index (χ4v) is 4.06. The molecule has 1 saturated heterocycles. The number of halogens is 1. The number of aliphatic hydroxyl groups excluding tert-OH is 1. The van der Waals surface area contributed by atoms with Crippen LogP contribution in [0, 0.1) is 0 Å². The molecule has 1 aliphatic rings. The molecule has 0 saturated carbocycles. The van der Waals surface area contributed by atoms with Crippen molar-refractivity contribution in [3.05, 3.63) is 29.3 Å². The SMILES string of the molecule is CC(C)(C)OC(=O)N1CC[C@@H](F)C[C@H]1C[C@H](O)c1cccc2scnc12. The number of aliphatic hydroxyl groups is 1. The van der Waals surface area contributed by atoms with Crippen LogP contribution in [0.4, 0.5) is 9.18 Å². The smallest absolute Gasteiger partial charge is 0.410 e. The molecule has 0 radical (unpaired) electrons. The summed E-state index contributed by atoms with van der Waals surface area (Å²) in [6.07, 6.45) is -1.47. The highest BCUT2D eigenvalue weighted by Gasteiger charge is 2.35. The zero-order chi connectivity index (χ0) is 18.9. The van der Waals surface area contributed by atoms with Crippen molar-refractivity contribution in [1.29, 1.82) is 0 Å². The van der Waals surface area contributed by atoms with Gasteiger partial charge in [0.25, 0.3) is 0 Å². The molecule has 1 amide bonds. The van der Waals surface area contributed by atoms with Gasteiger partial charge in [0, 0.05) is 18.2 Å². The van der Waals surface area contributed by atoms with Crippen molar-refractivity contribution in [3.8, 4) is 0 Å². The van der Waals surface area contributed by atoms with E-state index >= 15 is 0 Å². The number of thiazole rings is 1. The number of ether oxygens (including phenoxy) is 1. The van der Waals surface area contributed by atoms with Crippen molar-refractivity contribution in [1.82, 2.24) is 9.88 Å². The van der Waals surface area contributed by atoms with Gasteiger partial charge in [-0.25, -0.2) is 14.2 Å². The van der Waals surface area contributed by atoms with Gasteiger partial charge in [0.1, 0.15) is 11.8 Å². The molecule has 0 bridgehead atoms. The predicted octanol–water partition coefficient (Wildman–Crippen LogP) is 4.46. The first-order valence-electron chi connectivity index (χ1n) is 8.88. The summed E-state index contributed by atoms with van der Waals surface area (Å²) >= 11 is 1.51. The number of rotatable bonds is 3. The highest BCUT2D eigenvalue weighted by atomic mass is 32.1. The molecule has 0 aliphatic carbocycles. The lowest BCUT2D eigenvalue weighted by atomic mass is 9.93. The Balaban J connectivity index is 1.78. The molecule has 1 fully saturated rings. The fraction of sp³-hybridized carbons (Fsp3) is 0.579. The summed E-state index contributed by atoms with van der Waals surface area (Å²) < 4.78 is 20.5. The highest BCUT2D eigenvalue weighted by molar-refractivity contribution is 7.16. The Morgan fingerprint density at radius 1 is 1.50 bits per heavy atom. The highest BCUT2D eigenvalue weighted by Crippen LogP contribution is 2.32. The van der Waals surface area contributed by atoms with Crippen LogP contribution < -0.4 is 0 Å². The van der Waals surface area contributed by atoms with Gasteiger partial charge >= 0.3 is 6.09 Å². The second-order valence-electron chi connectivity index (χ2n) is 7.75. The van der Waals surface area contributed by atoms with E-state index in [1.54, 1.807) is 31.2 Å². The van der Waals surface area contributed by atoms with E-state index in [1.807, 2.05) is 18.2 Å². The zero-order valence-corrected chi connectivity index (χ0v) is 16.1. The fourth-order valence-electron chi connectivity index (χ4n) is 3.35. The quantitative estimate of drug-likeness (QED) is 0.854. The largest absolute Gasteiger partial charge is 0.444 e. The first-order valence-corrected chi connectivity index (χ1v) is 9.76. The van der Waals surface area contributed by atoms with Crippen molar-refractivity contribution in [3.63, 3.8) is 0 Å². The van der Waals surface area contributed by atoms with Crippen molar-refractivity contribution < 1.29 is 19.0 Å². The van der Waals surface area contributed by atoms with Crippen LogP contribution in [0.5, 0.6) is 0 Å². The molecule has 26 heavy (non-hydrogen) atoms. The second kappa shape index (κ2) is 7.48. The summed E-state index contributed by atoms with van der Waals surface area (Å²) in [5.74, 6) is 0. The normalized spacial score (nSPS) is 22.4. The van der Waals surface area contributed by atoms with E-state index < -0.39 is 30.0 Å². The molecule has 1 N–H and O–H groups in total. The molecule has 142 valence electrons. The zero-order valence-electron chi connectivity index (χ0n) is 15.3. The molecule has 0 spiro atoms. The topological polar surface area (TPSA) is 62.7 Å². The second-order valence-corrected chi connectivity index (χ2v) is 8.63. The first kappa shape index (κ1) is 19.0. The molecule has 0 unspecified atom stereocenters. The Kier molecular flexibility index (Phi) is 5.48. The third-order valence-corrected chi connectivity index (χ3v) is 5.32. The lowest BCUT2D eigenvalue weighted by molar-refractivity contribution is -0.00657. The van der Waals surface area contributed by atoms with Crippen molar-refractivity contribution >= 4 is 27.6 Å². The number of carbonyl (C=O) groups excluding carboxylic acids is 1. The molecule has 1 aromatic carbocycles. The Hall–Kier alpha value is -1.73. The number of amides is 1. The summed E-state index contributed by atoms with van der Waals surface area (Å²) in [6, 6.07) is 5.26. The van der Waals surface area contributed by atoms with Crippen molar-refractivity contribution in [2.45, 2.75) is 64.0 Å². The standard InChI is InChI=1S/C19H25FN2O3S/c1-19(2,3)25-18(24)22-8-7-12(20)9-13(22)10-15(23)14-5-4-6-16-17(14)21-11-26-16/h4-6,11-13,15,23H,7-10H2,1-3H3/t12-,13+,15+/m1/s1. The van der Waals surface area contributed by atoms with Gasteiger partial charge in [-0.05, 0) is 46.1 Å². The number of aromatic nitrogens is 1. The number of nitrogens with zero attached hydrogens (tertiary/aromatic N) is 2. The van der Waals surface area contributed by atoms with Gasteiger partial charge in [0.15, 0.2) is 0 Å². The Bertz CT molecular complexity index is 773. The summed E-state index contributed by atoms with van der Waals surface area (Å²) in [5, 5.41) is 10.8. The van der Waals surface area contributed by atoms with E-state index in [0.29, 0.717) is 18.5 Å². The molecule has 1 aliphatic heterocycles. The van der Waals surface area contributed by atoms with Gasteiger partial charge in [-0.2, -0.15) is 0 Å². The average molecular weight is 380 g/mol. The Labute approximate surface area is 156 Å². The number of hydrogen-bond donors (Lipinski definition) is 1. The van der Waals surface area contributed by atoms with Gasteiger partial charge in [-0.3, -0.25) is 0 Å². The van der Waals surface area contributed by atoms with Crippen molar-refractivity contribution in [2.24, 2.45) is 0 Å². The lowest BCUT2D eigenvalue weighted by Crippen LogP contribution is -2.49. The molecule has 3 atom stereocenters. The number of likely N-dealkylation sites (tertiary alicyclic amines) is 1. The predicted molar refractivity (Wildman–Crippen MR) is 100 cm³/mol.